The zero-order valence-corrected chi connectivity index (χ0v) is 15.4. The third kappa shape index (κ3) is 5.46. The van der Waals surface area contributed by atoms with Crippen LogP contribution in [0, 0.1) is 0 Å². The molecule has 1 atom stereocenters. The molecule has 138 valence electrons. The molecule has 11 heteroatoms. The standard InChI is InChI=1S/C15H15ClN4O5S/c1-8(12(22)18-14(23)17-2)24-11(21)7-26-15-20-19-13(25-15)9-5-3-4-6-10(9)16/h3-6,8H,7H2,1-2H3,(H2,17,18,22,23)/t8-/m0/s1. The van der Waals surface area contributed by atoms with E-state index in [0.717, 1.165) is 11.8 Å². The number of carbonyl (C=O) groups is 3. The molecule has 0 radical (unpaired) electrons. The molecule has 26 heavy (non-hydrogen) atoms. The number of hydrogen-bond acceptors (Lipinski definition) is 8. The molecular formula is C15H15ClN4O5S. The van der Waals surface area contributed by atoms with Gasteiger partial charge in [0.2, 0.25) is 5.89 Å². The summed E-state index contributed by atoms with van der Waals surface area (Å²) in [5, 5.41) is 12.5. The van der Waals surface area contributed by atoms with Gasteiger partial charge in [-0.05, 0) is 19.1 Å². The molecule has 1 aromatic carbocycles. The molecule has 1 heterocycles. The number of nitrogens with one attached hydrogen (secondary N) is 2. The summed E-state index contributed by atoms with van der Waals surface area (Å²) in [4.78, 5) is 34.4. The number of amides is 3. The highest BCUT2D eigenvalue weighted by atomic mass is 35.5. The number of esters is 1. The van der Waals surface area contributed by atoms with Crippen LogP contribution in [0.25, 0.3) is 11.5 Å². The van der Waals surface area contributed by atoms with E-state index in [0.29, 0.717) is 10.6 Å². The molecule has 2 rings (SSSR count). The molecule has 0 aliphatic carbocycles. The van der Waals surface area contributed by atoms with Crippen LogP contribution in [0.15, 0.2) is 33.9 Å². The first-order chi connectivity index (χ1) is 12.4. The minimum absolute atomic E-state index is 0.151. The zero-order valence-electron chi connectivity index (χ0n) is 13.8. The predicted octanol–water partition coefficient (Wildman–Crippen LogP) is 1.87. The topological polar surface area (TPSA) is 123 Å². The van der Waals surface area contributed by atoms with Crippen LogP contribution in [0.2, 0.25) is 5.02 Å². The van der Waals surface area contributed by atoms with Gasteiger partial charge in [0.05, 0.1) is 10.6 Å². The van der Waals surface area contributed by atoms with Crippen molar-refractivity contribution in [2.24, 2.45) is 0 Å². The first kappa shape index (κ1) is 19.7. The number of rotatable bonds is 6. The Morgan fingerprint density at radius 3 is 2.73 bits per heavy atom. The highest BCUT2D eigenvalue weighted by Crippen LogP contribution is 2.28. The highest BCUT2D eigenvalue weighted by Gasteiger charge is 2.20. The van der Waals surface area contributed by atoms with Gasteiger partial charge >= 0.3 is 12.0 Å². The summed E-state index contributed by atoms with van der Waals surface area (Å²) in [5.74, 6) is -1.33. The van der Waals surface area contributed by atoms with Crippen LogP contribution in [0.5, 0.6) is 0 Å². The first-order valence-corrected chi connectivity index (χ1v) is 8.70. The number of urea groups is 1. The first-order valence-electron chi connectivity index (χ1n) is 7.34. The second kappa shape index (κ2) is 9.20. The average molecular weight is 399 g/mol. The lowest BCUT2D eigenvalue weighted by Gasteiger charge is -2.11. The van der Waals surface area contributed by atoms with Gasteiger partial charge in [-0.2, -0.15) is 0 Å². The van der Waals surface area contributed by atoms with Crippen LogP contribution in [-0.4, -0.2) is 47.0 Å². The summed E-state index contributed by atoms with van der Waals surface area (Å²) in [6.45, 7) is 1.35. The van der Waals surface area contributed by atoms with E-state index in [1.807, 2.05) is 5.32 Å². The number of halogens is 1. The fourth-order valence-electron chi connectivity index (χ4n) is 1.69. The Labute approximate surface area is 157 Å². The van der Waals surface area contributed by atoms with E-state index in [-0.39, 0.29) is 16.9 Å². The Kier molecular flexibility index (Phi) is 6.98. The summed E-state index contributed by atoms with van der Waals surface area (Å²) in [6.07, 6.45) is -1.12. The minimum Gasteiger partial charge on any atom is -0.452 e. The Bertz CT molecular complexity index is 813. The molecule has 1 aromatic heterocycles. The van der Waals surface area contributed by atoms with Gasteiger partial charge < -0.3 is 14.5 Å². The van der Waals surface area contributed by atoms with E-state index < -0.39 is 24.0 Å². The van der Waals surface area contributed by atoms with Gasteiger partial charge in [0.25, 0.3) is 11.1 Å². The van der Waals surface area contributed by atoms with E-state index in [9.17, 15) is 14.4 Å². The Morgan fingerprint density at radius 2 is 2.04 bits per heavy atom. The lowest BCUT2D eigenvalue weighted by Crippen LogP contribution is -2.43. The number of thioether (sulfide) groups is 1. The number of benzene rings is 1. The van der Waals surface area contributed by atoms with Crippen molar-refractivity contribution in [1.82, 2.24) is 20.8 Å². The van der Waals surface area contributed by atoms with Crippen molar-refractivity contribution in [2.75, 3.05) is 12.8 Å². The lowest BCUT2D eigenvalue weighted by atomic mass is 10.2. The number of carbonyl (C=O) groups excluding carboxylic acids is 3. The molecule has 0 aliphatic heterocycles. The fraction of sp³-hybridized carbons (Fsp3) is 0.267. The van der Waals surface area contributed by atoms with Crippen molar-refractivity contribution in [3.05, 3.63) is 29.3 Å². The van der Waals surface area contributed by atoms with Gasteiger partial charge in [-0.15, -0.1) is 10.2 Å². The SMILES string of the molecule is CNC(=O)NC(=O)[C@H](C)OC(=O)CSc1nnc(-c2ccccc2Cl)o1. The number of nitrogens with zero attached hydrogens (tertiary/aromatic N) is 2. The summed E-state index contributed by atoms with van der Waals surface area (Å²) < 4.78 is 10.4. The molecule has 2 aromatic rings. The number of hydrogen-bond donors (Lipinski definition) is 2. The molecule has 0 saturated heterocycles. The summed E-state index contributed by atoms with van der Waals surface area (Å²) in [6, 6.07) is 6.28. The average Bonchev–Trinajstić information content (AvgIpc) is 3.08. The Balaban J connectivity index is 1.85. The highest BCUT2D eigenvalue weighted by molar-refractivity contribution is 7.99. The van der Waals surface area contributed by atoms with Gasteiger partial charge in [0.1, 0.15) is 5.75 Å². The van der Waals surface area contributed by atoms with Crippen molar-refractivity contribution in [1.29, 1.82) is 0 Å². The molecule has 0 spiro atoms. The largest absolute Gasteiger partial charge is 0.452 e. The molecule has 9 nitrogen and oxygen atoms in total. The van der Waals surface area contributed by atoms with Gasteiger partial charge in [-0.3, -0.25) is 14.9 Å². The summed E-state index contributed by atoms with van der Waals surface area (Å²) >= 11 is 7.01. The van der Waals surface area contributed by atoms with E-state index in [1.54, 1.807) is 24.3 Å². The van der Waals surface area contributed by atoms with Crippen molar-refractivity contribution >= 4 is 41.3 Å². The number of ether oxygens (including phenoxy) is 1. The third-order valence-corrected chi connectivity index (χ3v) is 4.09. The predicted molar refractivity (Wildman–Crippen MR) is 93.6 cm³/mol. The van der Waals surface area contributed by atoms with Crippen molar-refractivity contribution in [3.63, 3.8) is 0 Å². The Morgan fingerprint density at radius 1 is 1.31 bits per heavy atom. The fourth-order valence-corrected chi connectivity index (χ4v) is 2.46. The zero-order chi connectivity index (χ0) is 19.1. The molecule has 0 saturated carbocycles. The molecule has 2 N–H and O–H groups in total. The lowest BCUT2D eigenvalue weighted by molar-refractivity contribution is -0.151. The van der Waals surface area contributed by atoms with Gasteiger partial charge in [-0.1, -0.05) is 35.5 Å². The van der Waals surface area contributed by atoms with E-state index in [1.165, 1.54) is 14.0 Å². The molecule has 0 fully saturated rings. The van der Waals surface area contributed by atoms with Gasteiger partial charge in [0.15, 0.2) is 6.10 Å². The molecule has 0 bridgehead atoms. The van der Waals surface area contributed by atoms with Crippen LogP contribution >= 0.6 is 23.4 Å². The van der Waals surface area contributed by atoms with Crippen molar-refractivity contribution in [2.45, 2.75) is 18.3 Å². The van der Waals surface area contributed by atoms with Crippen molar-refractivity contribution in [3.8, 4) is 11.5 Å². The number of aromatic nitrogens is 2. The van der Waals surface area contributed by atoms with E-state index in [4.69, 9.17) is 20.8 Å². The normalized spacial score (nSPS) is 11.5. The van der Waals surface area contributed by atoms with E-state index >= 15 is 0 Å². The maximum absolute atomic E-state index is 11.8. The van der Waals surface area contributed by atoms with Crippen LogP contribution in [0.3, 0.4) is 0 Å². The third-order valence-electron chi connectivity index (χ3n) is 2.97. The van der Waals surface area contributed by atoms with Crippen LogP contribution in [0.1, 0.15) is 6.92 Å². The summed E-state index contributed by atoms with van der Waals surface area (Å²) in [7, 11) is 1.36. The second-order valence-corrected chi connectivity index (χ2v) is 6.18. The van der Waals surface area contributed by atoms with Crippen molar-refractivity contribution < 1.29 is 23.5 Å². The maximum atomic E-state index is 11.8. The monoisotopic (exact) mass is 398 g/mol. The van der Waals surface area contributed by atoms with Gasteiger partial charge in [-0.25, -0.2) is 4.79 Å². The van der Waals surface area contributed by atoms with E-state index in [2.05, 4.69) is 15.5 Å². The number of imide groups is 1. The molecular weight excluding hydrogens is 384 g/mol. The minimum atomic E-state index is -1.12. The smallest absolute Gasteiger partial charge is 0.321 e. The van der Waals surface area contributed by atoms with Crippen LogP contribution in [0.4, 0.5) is 4.79 Å². The molecule has 0 unspecified atom stereocenters. The second-order valence-electron chi connectivity index (χ2n) is 4.84. The maximum Gasteiger partial charge on any atom is 0.321 e. The quantitative estimate of drug-likeness (QED) is 0.558. The van der Waals surface area contributed by atoms with Crippen LogP contribution in [-0.2, 0) is 14.3 Å². The van der Waals surface area contributed by atoms with Gasteiger partial charge in [0, 0.05) is 7.05 Å². The summed E-state index contributed by atoms with van der Waals surface area (Å²) in [5.41, 5.74) is 0.579. The Hall–Kier alpha value is -2.59. The van der Waals surface area contributed by atoms with Crippen LogP contribution < -0.4 is 10.6 Å². The molecule has 3 amide bonds. The molecule has 0 aliphatic rings.